The van der Waals surface area contributed by atoms with Gasteiger partial charge in [-0.2, -0.15) is 8.42 Å². The van der Waals surface area contributed by atoms with Gasteiger partial charge in [0.25, 0.3) is 10.1 Å². The van der Waals surface area contributed by atoms with Crippen molar-refractivity contribution in [3.8, 4) is 0 Å². The van der Waals surface area contributed by atoms with Crippen molar-refractivity contribution in [1.82, 2.24) is 0 Å². The summed E-state index contributed by atoms with van der Waals surface area (Å²) in [6.45, 7) is 2.24. The topological polar surface area (TPSA) is 54.4 Å². The third-order valence-corrected chi connectivity index (χ3v) is 5.00. The zero-order valence-electron chi connectivity index (χ0n) is 13.8. The number of rotatable bonds is 12. The standard InChI is InChI=1S/C18H30O3S.Sr.2H/c1-2-3-4-5-6-7-8-9-10-11-14-17-15-12-13-16-18(17)22(19,20)21;;;/h12-13,15-16H,2-11,14H2,1H3,(H,19,20,21);;;. The number of aryl methyl sites for hydroxylation is 1. The Labute approximate surface area is 179 Å². The molecule has 0 heterocycles. The molecule has 130 valence electrons. The second-order valence-corrected chi connectivity index (χ2v) is 7.40. The summed E-state index contributed by atoms with van der Waals surface area (Å²) in [5, 5.41) is 0. The van der Waals surface area contributed by atoms with E-state index in [9.17, 15) is 13.0 Å². The van der Waals surface area contributed by atoms with Gasteiger partial charge in [-0.3, -0.25) is 4.55 Å². The summed E-state index contributed by atoms with van der Waals surface area (Å²) in [6, 6.07) is 6.73. The Balaban J connectivity index is 0.00000484. The zero-order valence-corrected chi connectivity index (χ0v) is 14.6. The number of unbranched alkanes of at least 4 members (excludes halogenated alkanes) is 9. The van der Waals surface area contributed by atoms with Crippen LogP contribution in [0.5, 0.6) is 0 Å². The van der Waals surface area contributed by atoms with Crippen LogP contribution in [0, 0.1) is 0 Å². The molecule has 0 amide bonds. The minimum atomic E-state index is -4.10. The molecule has 0 spiro atoms. The van der Waals surface area contributed by atoms with E-state index in [0.717, 1.165) is 18.4 Å². The Kier molecular flexibility index (Phi) is 14.2. The second kappa shape index (κ2) is 13.9. The van der Waals surface area contributed by atoms with Crippen LogP contribution in [0.15, 0.2) is 29.2 Å². The first-order valence-corrected chi connectivity index (χ1v) is 10.0. The van der Waals surface area contributed by atoms with Gasteiger partial charge in [0.2, 0.25) is 0 Å². The molecule has 0 saturated heterocycles. The molecule has 23 heavy (non-hydrogen) atoms. The predicted octanol–water partition coefficient (Wildman–Crippen LogP) is 4.48. The van der Waals surface area contributed by atoms with Crippen LogP contribution in [0.1, 0.15) is 76.7 Å². The number of hydrogen-bond donors (Lipinski definition) is 1. The summed E-state index contributed by atoms with van der Waals surface area (Å²) in [5.74, 6) is 0. The molecule has 0 fully saturated rings. The van der Waals surface area contributed by atoms with Gasteiger partial charge in [0, 0.05) is 0 Å². The molecular formula is C18H32O3SSr. The molecule has 0 aromatic heterocycles. The first-order chi connectivity index (χ1) is 10.6. The third kappa shape index (κ3) is 11.0. The molecule has 1 rings (SSSR count). The summed E-state index contributed by atoms with van der Waals surface area (Å²) in [4.78, 5) is 0.0610. The van der Waals surface area contributed by atoms with Gasteiger partial charge < -0.3 is 0 Å². The minimum absolute atomic E-state index is 0. The molecule has 5 heteroatoms. The molecule has 0 aliphatic heterocycles. The normalized spacial score (nSPS) is 11.2. The van der Waals surface area contributed by atoms with Crippen LogP contribution in [-0.2, 0) is 16.5 Å². The first kappa shape index (κ1) is 23.6. The Morgan fingerprint density at radius 2 is 1.30 bits per heavy atom. The number of benzene rings is 1. The zero-order chi connectivity index (χ0) is 16.3. The molecule has 1 aromatic rings. The van der Waals surface area contributed by atoms with Gasteiger partial charge in [0.15, 0.2) is 0 Å². The molecule has 0 radical (unpaired) electrons. The monoisotopic (exact) mass is 416 g/mol. The van der Waals surface area contributed by atoms with Crippen molar-refractivity contribution in [2.24, 2.45) is 0 Å². The Hall–Kier alpha value is 0.611. The van der Waals surface area contributed by atoms with E-state index in [-0.39, 0.29) is 50.4 Å². The van der Waals surface area contributed by atoms with Gasteiger partial charge in [-0.1, -0.05) is 82.9 Å². The molecule has 0 saturated carbocycles. The van der Waals surface area contributed by atoms with E-state index >= 15 is 0 Å². The molecule has 1 N–H and O–H groups in total. The fourth-order valence-corrected chi connectivity index (χ4v) is 3.52. The van der Waals surface area contributed by atoms with Crippen molar-refractivity contribution >= 4 is 55.6 Å². The molecular weight excluding hydrogens is 384 g/mol. The molecule has 0 aliphatic rings. The third-order valence-electron chi connectivity index (χ3n) is 4.05. The van der Waals surface area contributed by atoms with Gasteiger partial charge in [0.05, 0.1) is 4.90 Å². The van der Waals surface area contributed by atoms with Crippen LogP contribution in [0.4, 0.5) is 0 Å². The SMILES string of the molecule is CCCCCCCCCCCCc1ccccc1S(=O)(=O)O.[SrH2]. The summed E-state index contributed by atoms with van der Waals surface area (Å²) in [7, 11) is -4.10. The average molecular weight is 416 g/mol. The van der Waals surface area contributed by atoms with Gasteiger partial charge in [-0.15, -0.1) is 0 Å². The van der Waals surface area contributed by atoms with Crippen molar-refractivity contribution in [3.05, 3.63) is 29.8 Å². The van der Waals surface area contributed by atoms with E-state index in [2.05, 4.69) is 6.92 Å². The summed E-state index contributed by atoms with van der Waals surface area (Å²) < 4.78 is 31.8. The quantitative estimate of drug-likeness (QED) is 0.311. The molecule has 0 aliphatic carbocycles. The fraction of sp³-hybridized carbons (Fsp3) is 0.667. The van der Waals surface area contributed by atoms with Crippen molar-refractivity contribution in [2.45, 2.75) is 82.4 Å². The van der Waals surface area contributed by atoms with Crippen LogP contribution in [0.25, 0.3) is 0 Å². The maximum atomic E-state index is 11.3. The molecule has 0 unspecified atom stereocenters. The Morgan fingerprint density at radius 1 is 0.826 bits per heavy atom. The molecule has 0 atom stereocenters. The van der Waals surface area contributed by atoms with Gasteiger partial charge in [-0.25, -0.2) is 0 Å². The Bertz CT molecular complexity index is 515. The van der Waals surface area contributed by atoms with E-state index in [1.54, 1.807) is 12.1 Å². The summed E-state index contributed by atoms with van der Waals surface area (Å²) >= 11 is 0. The van der Waals surface area contributed by atoms with Crippen LogP contribution in [-0.4, -0.2) is 58.5 Å². The van der Waals surface area contributed by atoms with Crippen molar-refractivity contribution < 1.29 is 13.0 Å². The van der Waals surface area contributed by atoms with Crippen LogP contribution in [0.3, 0.4) is 0 Å². The maximum absolute atomic E-state index is 11.3. The summed E-state index contributed by atoms with van der Waals surface area (Å²) in [6.07, 6.45) is 13.3. The van der Waals surface area contributed by atoms with Gasteiger partial charge in [0.1, 0.15) is 0 Å². The van der Waals surface area contributed by atoms with E-state index in [0.29, 0.717) is 6.42 Å². The van der Waals surface area contributed by atoms with Crippen LogP contribution >= 0.6 is 0 Å². The van der Waals surface area contributed by atoms with E-state index in [1.165, 1.54) is 57.4 Å². The first-order valence-electron chi connectivity index (χ1n) is 8.61. The number of hydrogen-bond acceptors (Lipinski definition) is 2. The van der Waals surface area contributed by atoms with Gasteiger partial charge >= 0.3 is 45.5 Å². The van der Waals surface area contributed by atoms with E-state index < -0.39 is 10.1 Å². The van der Waals surface area contributed by atoms with Crippen LogP contribution in [0.2, 0.25) is 0 Å². The van der Waals surface area contributed by atoms with E-state index in [1.807, 2.05) is 6.07 Å². The second-order valence-electron chi connectivity index (χ2n) is 6.01. The van der Waals surface area contributed by atoms with Gasteiger partial charge in [-0.05, 0) is 24.5 Å². The predicted molar refractivity (Wildman–Crippen MR) is 100 cm³/mol. The van der Waals surface area contributed by atoms with Crippen molar-refractivity contribution in [3.63, 3.8) is 0 Å². The van der Waals surface area contributed by atoms with Crippen LogP contribution < -0.4 is 0 Å². The average Bonchev–Trinajstić information content (AvgIpc) is 2.48. The molecule has 3 nitrogen and oxygen atoms in total. The summed E-state index contributed by atoms with van der Waals surface area (Å²) in [5.41, 5.74) is 0.726. The Morgan fingerprint density at radius 3 is 1.83 bits per heavy atom. The van der Waals surface area contributed by atoms with Crippen molar-refractivity contribution in [2.75, 3.05) is 0 Å². The van der Waals surface area contributed by atoms with Crippen molar-refractivity contribution in [1.29, 1.82) is 0 Å². The van der Waals surface area contributed by atoms with E-state index in [4.69, 9.17) is 0 Å². The molecule has 0 bridgehead atoms. The fourth-order valence-electron chi connectivity index (χ4n) is 2.76. The molecule has 1 aromatic carbocycles.